The predicted octanol–water partition coefficient (Wildman–Crippen LogP) is 2.27. The Balaban J connectivity index is 2.58. The van der Waals surface area contributed by atoms with E-state index in [0.717, 1.165) is 12.8 Å². The molecular formula is C14H23N3O2S. The van der Waals surface area contributed by atoms with Crippen LogP contribution in [0, 0.1) is 12.8 Å². The number of carbonyl (C=O) groups excluding carboxylic acids is 1. The largest absolute Gasteiger partial charge is 0.409 e. The monoisotopic (exact) mass is 297 g/mol. The molecule has 6 heteroatoms. The van der Waals surface area contributed by atoms with Crippen LogP contribution in [0.2, 0.25) is 0 Å². The predicted molar refractivity (Wildman–Crippen MR) is 82.2 cm³/mol. The van der Waals surface area contributed by atoms with Crippen LogP contribution in [0.4, 0.5) is 0 Å². The van der Waals surface area contributed by atoms with E-state index in [0.29, 0.717) is 6.42 Å². The highest BCUT2D eigenvalue weighted by molar-refractivity contribution is 7.11. The summed E-state index contributed by atoms with van der Waals surface area (Å²) in [5.41, 5.74) is 5.58. The van der Waals surface area contributed by atoms with Crippen molar-refractivity contribution in [2.75, 3.05) is 0 Å². The lowest BCUT2D eigenvalue weighted by Crippen LogP contribution is -2.43. The van der Waals surface area contributed by atoms with Gasteiger partial charge >= 0.3 is 0 Å². The molecule has 1 aromatic heterocycles. The molecule has 0 radical (unpaired) electrons. The molecule has 1 rings (SSSR count). The fraction of sp³-hybridized carbons (Fsp3) is 0.571. The Morgan fingerprint density at radius 3 is 2.75 bits per heavy atom. The van der Waals surface area contributed by atoms with Gasteiger partial charge in [0.1, 0.15) is 0 Å². The molecule has 1 heterocycles. The highest BCUT2D eigenvalue weighted by Gasteiger charge is 2.23. The van der Waals surface area contributed by atoms with E-state index in [9.17, 15) is 4.79 Å². The molecule has 0 aliphatic rings. The Morgan fingerprint density at radius 1 is 1.55 bits per heavy atom. The summed E-state index contributed by atoms with van der Waals surface area (Å²) in [6.07, 6.45) is 2.17. The van der Waals surface area contributed by atoms with Crippen LogP contribution in [0.3, 0.4) is 0 Å². The molecule has 0 aromatic carbocycles. The molecular weight excluding hydrogens is 274 g/mol. The molecule has 2 atom stereocenters. The van der Waals surface area contributed by atoms with Gasteiger partial charge in [-0.15, -0.1) is 11.3 Å². The molecule has 0 spiro atoms. The van der Waals surface area contributed by atoms with Crippen molar-refractivity contribution < 1.29 is 10.0 Å². The van der Waals surface area contributed by atoms with Crippen molar-refractivity contribution in [2.45, 2.75) is 46.1 Å². The summed E-state index contributed by atoms with van der Waals surface area (Å²) < 4.78 is 0. The third-order valence-electron chi connectivity index (χ3n) is 3.06. The Labute approximate surface area is 123 Å². The third-order valence-corrected chi connectivity index (χ3v) is 4.08. The molecule has 0 saturated heterocycles. The Bertz CT molecular complexity index is 471. The number of rotatable bonds is 7. The molecule has 0 fully saturated rings. The standard InChI is InChI=1S/C14H23N3O2S/c1-4-5-12(13(15)17-19)14(18)16-9(2)8-11-7-6-10(3)20-11/h6-7,9,12,19H,4-5,8H2,1-3H3,(H2,15,17)(H,16,18). The Hall–Kier alpha value is -1.56. The Morgan fingerprint density at radius 2 is 2.25 bits per heavy atom. The molecule has 20 heavy (non-hydrogen) atoms. The van der Waals surface area contributed by atoms with Gasteiger partial charge in [0.2, 0.25) is 5.91 Å². The summed E-state index contributed by atoms with van der Waals surface area (Å²) in [6.45, 7) is 5.98. The summed E-state index contributed by atoms with van der Waals surface area (Å²) in [6, 6.07) is 4.17. The van der Waals surface area contributed by atoms with Crippen LogP contribution in [0.1, 0.15) is 36.4 Å². The number of amidine groups is 1. The number of carbonyl (C=O) groups is 1. The average Bonchev–Trinajstić information content (AvgIpc) is 2.80. The molecule has 1 aromatic rings. The second-order valence-corrected chi connectivity index (χ2v) is 6.36. The van der Waals surface area contributed by atoms with E-state index >= 15 is 0 Å². The van der Waals surface area contributed by atoms with Gasteiger partial charge in [-0.1, -0.05) is 18.5 Å². The minimum absolute atomic E-state index is 0.0198. The molecule has 1 amide bonds. The first-order chi connectivity index (χ1) is 9.47. The second-order valence-electron chi connectivity index (χ2n) is 4.99. The number of nitrogens with two attached hydrogens (primary N) is 1. The molecule has 0 aliphatic heterocycles. The van der Waals surface area contributed by atoms with Gasteiger partial charge in [0, 0.05) is 22.2 Å². The number of aryl methyl sites for hydroxylation is 1. The number of hydrogen-bond donors (Lipinski definition) is 3. The van der Waals surface area contributed by atoms with Crippen molar-refractivity contribution in [1.29, 1.82) is 0 Å². The van der Waals surface area contributed by atoms with Crippen LogP contribution in [0.5, 0.6) is 0 Å². The highest BCUT2D eigenvalue weighted by atomic mass is 32.1. The highest BCUT2D eigenvalue weighted by Crippen LogP contribution is 2.17. The molecule has 0 bridgehead atoms. The summed E-state index contributed by atoms with van der Waals surface area (Å²) in [4.78, 5) is 14.7. The van der Waals surface area contributed by atoms with Crippen LogP contribution >= 0.6 is 11.3 Å². The maximum atomic E-state index is 12.2. The van der Waals surface area contributed by atoms with Crippen molar-refractivity contribution in [3.63, 3.8) is 0 Å². The van der Waals surface area contributed by atoms with Crippen molar-refractivity contribution in [1.82, 2.24) is 5.32 Å². The van der Waals surface area contributed by atoms with Crippen LogP contribution in [-0.2, 0) is 11.2 Å². The van der Waals surface area contributed by atoms with E-state index < -0.39 is 5.92 Å². The minimum atomic E-state index is -0.558. The van der Waals surface area contributed by atoms with E-state index in [1.54, 1.807) is 11.3 Å². The van der Waals surface area contributed by atoms with Crippen molar-refractivity contribution in [2.24, 2.45) is 16.8 Å². The summed E-state index contributed by atoms with van der Waals surface area (Å²) >= 11 is 1.73. The molecule has 5 nitrogen and oxygen atoms in total. The van der Waals surface area contributed by atoms with Gasteiger partial charge in [-0.05, 0) is 32.4 Å². The number of nitrogens with one attached hydrogen (secondary N) is 1. The molecule has 0 saturated carbocycles. The van der Waals surface area contributed by atoms with E-state index in [4.69, 9.17) is 10.9 Å². The van der Waals surface area contributed by atoms with Crippen LogP contribution < -0.4 is 11.1 Å². The number of amides is 1. The second kappa shape index (κ2) is 7.89. The van der Waals surface area contributed by atoms with Crippen LogP contribution in [-0.4, -0.2) is 23.0 Å². The lowest BCUT2D eigenvalue weighted by molar-refractivity contribution is -0.123. The van der Waals surface area contributed by atoms with Crippen LogP contribution in [0.15, 0.2) is 17.3 Å². The first-order valence-corrected chi connectivity index (χ1v) is 7.62. The molecule has 112 valence electrons. The molecule has 4 N–H and O–H groups in total. The maximum absolute atomic E-state index is 12.2. The lowest BCUT2D eigenvalue weighted by Gasteiger charge is -2.18. The molecule has 0 aliphatic carbocycles. The Kier molecular flexibility index (Phi) is 6.51. The van der Waals surface area contributed by atoms with Gasteiger partial charge in [-0.25, -0.2) is 0 Å². The van der Waals surface area contributed by atoms with Gasteiger partial charge in [0.15, 0.2) is 5.84 Å². The van der Waals surface area contributed by atoms with Crippen molar-refractivity contribution in [3.8, 4) is 0 Å². The number of oxime groups is 1. The van der Waals surface area contributed by atoms with Gasteiger partial charge in [0.05, 0.1) is 5.92 Å². The number of hydrogen-bond acceptors (Lipinski definition) is 4. The topological polar surface area (TPSA) is 87.7 Å². The number of thiophene rings is 1. The van der Waals surface area contributed by atoms with Gasteiger partial charge in [0.25, 0.3) is 0 Å². The van der Waals surface area contributed by atoms with Crippen LogP contribution in [0.25, 0.3) is 0 Å². The first kappa shape index (κ1) is 16.5. The van der Waals surface area contributed by atoms with E-state index in [2.05, 4.69) is 29.5 Å². The van der Waals surface area contributed by atoms with Crippen molar-refractivity contribution in [3.05, 3.63) is 21.9 Å². The number of nitrogens with zero attached hydrogens (tertiary/aromatic N) is 1. The van der Waals surface area contributed by atoms with Gasteiger partial charge < -0.3 is 16.3 Å². The van der Waals surface area contributed by atoms with E-state index in [-0.39, 0.29) is 17.8 Å². The fourth-order valence-electron chi connectivity index (χ4n) is 2.06. The minimum Gasteiger partial charge on any atom is -0.409 e. The SMILES string of the molecule is CCCC(C(=O)NC(C)Cc1ccc(C)s1)C(N)=NO. The quantitative estimate of drug-likeness (QED) is 0.312. The summed E-state index contributed by atoms with van der Waals surface area (Å²) in [7, 11) is 0. The zero-order chi connectivity index (χ0) is 15.1. The van der Waals surface area contributed by atoms with E-state index in [1.165, 1.54) is 9.75 Å². The van der Waals surface area contributed by atoms with Crippen molar-refractivity contribution >= 4 is 23.1 Å². The van der Waals surface area contributed by atoms with E-state index in [1.807, 2.05) is 13.8 Å². The van der Waals surface area contributed by atoms with Gasteiger partial charge in [-0.2, -0.15) is 0 Å². The summed E-state index contributed by atoms with van der Waals surface area (Å²) in [5.74, 6) is -0.760. The molecule has 2 unspecified atom stereocenters. The smallest absolute Gasteiger partial charge is 0.231 e. The fourth-order valence-corrected chi connectivity index (χ4v) is 3.08. The first-order valence-electron chi connectivity index (χ1n) is 6.81. The normalized spacial score (nSPS) is 14.8. The van der Waals surface area contributed by atoms with Gasteiger partial charge in [-0.3, -0.25) is 4.79 Å². The maximum Gasteiger partial charge on any atom is 0.231 e. The zero-order valence-electron chi connectivity index (χ0n) is 12.2. The average molecular weight is 297 g/mol. The lowest BCUT2D eigenvalue weighted by atomic mass is 10.0. The third kappa shape index (κ3) is 4.85. The zero-order valence-corrected chi connectivity index (χ0v) is 13.0. The summed E-state index contributed by atoms with van der Waals surface area (Å²) in [5, 5.41) is 14.6.